The molecule has 2 rings (SSSR count). The number of nitrogens with one attached hydrogen (secondary N) is 1. The first-order valence-electron chi connectivity index (χ1n) is 7.69. The van der Waals surface area contributed by atoms with Crippen LogP contribution in [0.15, 0.2) is 16.7 Å². The number of furan rings is 1. The van der Waals surface area contributed by atoms with Gasteiger partial charge in [-0.15, -0.1) is 0 Å². The van der Waals surface area contributed by atoms with Gasteiger partial charge in [0.05, 0.1) is 12.8 Å². The van der Waals surface area contributed by atoms with Gasteiger partial charge in [-0.25, -0.2) is 0 Å². The number of nitrogens with zero attached hydrogens (tertiary/aromatic N) is 1. The molecule has 0 aromatic carbocycles. The van der Waals surface area contributed by atoms with E-state index in [9.17, 15) is 0 Å². The lowest BCUT2D eigenvalue weighted by atomic mass is 10.1. The molecule has 0 saturated carbocycles. The first-order valence-corrected chi connectivity index (χ1v) is 8.74. The Kier molecular flexibility index (Phi) is 6.00. The van der Waals surface area contributed by atoms with E-state index in [0.29, 0.717) is 12.0 Å². The molecule has 0 radical (unpaired) electrons. The minimum absolute atomic E-state index is 0.639. The van der Waals surface area contributed by atoms with Crippen LogP contribution in [0.2, 0.25) is 0 Å². The fraction of sp³-hybridized carbons (Fsp3) is 0.750. The molecule has 0 aliphatic carbocycles. The molecule has 3 nitrogen and oxygen atoms in total. The molecular formula is C16H28N2OS. The van der Waals surface area contributed by atoms with E-state index in [1.807, 2.05) is 6.26 Å². The van der Waals surface area contributed by atoms with Crippen molar-refractivity contribution in [3.63, 3.8) is 0 Å². The summed E-state index contributed by atoms with van der Waals surface area (Å²) in [5.41, 5.74) is 1.34. The molecule has 1 aliphatic heterocycles. The zero-order chi connectivity index (χ0) is 14.5. The molecule has 1 fully saturated rings. The van der Waals surface area contributed by atoms with Gasteiger partial charge in [-0.3, -0.25) is 4.90 Å². The standard InChI is InChI=1S/C16H28N2OS/c1-12(2)9-17-10-16-15(5-7-19-16)11-18-6-8-20-14(4)13(18)3/h5,7,12-14,17H,6,8-11H2,1-4H3. The van der Waals surface area contributed by atoms with E-state index in [2.05, 4.69) is 55.7 Å². The van der Waals surface area contributed by atoms with Gasteiger partial charge in [0, 0.05) is 35.7 Å². The van der Waals surface area contributed by atoms with E-state index in [4.69, 9.17) is 4.42 Å². The Bertz CT molecular complexity index is 405. The molecule has 1 aromatic rings. The van der Waals surface area contributed by atoms with Crippen molar-refractivity contribution in [3.05, 3.63) is 23.7 Å². The van der Waals surface area contributed by atoms with E-state index in [1.54, 1.807) is 0 Å². The van der Waals surface area contributed by atoms with Gasteiger partial charge in [0.15, 0.2) is 0 Å². The molecule has 4 heteroatoms. The number of thioether (sulfide) groups is 1. The predicted octanol–water partition coefficient (Wildman–Crippen LogP) is 3.35. The van der Waals surface area contributed by atoms with Gasteiger partial charge in [-0.1, -0.05) is 20.8 Å². The number of hydrogen-bond acceptors (Lipinski definition) is 4. The molecule has 1 aromatic heterocycles. The smallest absolute Gasteiger partial charge is 0.122 e. The van der Waals surface area contributed by atoms with Gasteiger partial charge >= 0.3 is 0 Å². The average Bonchev–Trinajstić information content (AvgIpc) is 2.82. The Hall–Kier alpha value is -0.450. The average molecular weight is 296 g/mol. The summed E-state index contributed by atoms with van der Waals surface area (Å²) >= 11 is 2.09. The van der Waals surface area contributed by atoms with Crippen molar-refractivity contribution in [1.29, 1.82) is 0 Å². The highest BCUT2D eigenvalue weighted by atomic mass is 32.2. The van der Waals surface area contributed by atoms with Crippen molar-refractivity contribution >= 4 is 11.8 Å². The van der Waals surface area contributed by atoms with Gasteiger partial charge in [-0.2, -0.15) is 11.8 Å². The van der Waals surface area contributed by atoms with Crippen LogP contribution in [0.5, 0.6) is 0 Å². The van der Waals surface area contributed by atoms with E-state index in [0.717, 1.165) is 30.6 Å². The third-order valence-corrected chi connectivity index (χ3v) is 5.40. The lowest BCUT2D eigenvalue weighted by Crippen LogP contribution is -2.44. The van der Waals surface area contributed by atoms with Gasteiger partial charge in [0.25, 0.3) is 0 Å². The Morgan fingerprint density at radius 1 is 1.45 bits per heavy atom. The fourth-order valence-corrected chi connectivity index (χ4v) is 3.74. The molecule has 2 heterocycles. The van der Waals surface area contributed by atoms with E-state index in [-0.39, 0.29) is 0 Å². The zero-order valence-corrected chi connectivity index (χ0v) is 14.0. The highest BCUT2D eigenvalue weighted by Gasteiger charge is 2.25. The van der Waals surface area contributed by atoms with Crippen molar-refractivity contribution < 1.29 is 4.42 Å². The van der Waals surface area contributed by atoms with Gasteiger partial charge in [0.2, 0.25) is 0 Å². The first kappa shape index (κ1) is 15.9. The SMILES string of the molecule is CC(C)CNCc1occc1CN1CCSC(C)C1C. The molecule has 2 atom stereocenters. The molecule has 114 valence electrons. The summed E-state index contributed by atoms with van der Waals surface area (Å²) in [5, 5.41) is 4.19. The van der Waals surface area contributed by atoms with Crippen molar-refractivity contribution in [1.82, 2.24) is 10.2 Å². The maximum atomic E-state index is 5.66. The normalized spacial score (nSPS) is 24.4. The topological polar surface area (TPSA) is 28.4 Å². The summed E-state index contributed by atoms with van der Waals surface area (Å²) < 4.78 is 5.66. The van der Waals surface area contributed by atoms with Gasteiger partial charge in [0.1, 0.15) is 5.76 Å². The third kappa shape index (κ3) is 4.27. The van der Waals surface area contributed by atoms with Crippen LogP contribution in [-0.4, -0.2) is 35.0 Å². The second-order valence-corrected chi connectivity index (χ2v) is 7.67. The largest absolute Gasteiger partial charge is 0.468 e. The number of hydrogen-bond donors (Lipinski definition) is 1. The van der Waals surface area contributed by atoms with Crippen LogP contribution >= 0.6 is 11.8 Å². The lowest BCUT2D eigenvalue weighted by Gasteiger charge is -2.37. The molecule has 1 saturated heterocycles. The monoisotopic (exact) mass is 296 g/mol. The predicted molar refractivity (Wildman–Crippen MR) is 87.0 cm³/mol. The molecule has 0 amide bonds. The van der Waals surface area contributed by atoms with E-state index in [1.165, 1.54) is 17.9 Å². The van der Waals surface area contributed by atoms with Crippen LogP contribution in [0.1, 0.15) is 39.0 Å². The van der Waals surface area contributed by atoms with Crippen molar-refractivity contribution in [2.75, 3.05) is 18.8 Å². The van der Waals surface area contributed by atoms with Crippen LogP contribution < -0.4 is 5.32 Å². The Balaban J connectivity index is 1.91. The van der Waals surface area contributed by atoms with E-state index >= 15 is 0 Å². The summed E-state index contributed by atoms with van der Waals surface area (Å²) in [6.07, 6.45) is 1.83. The molecule has 20 heavy (non-hydrogen) atoms. The molecule has 0 bridgehead atoms. The summed E-state index contributed by atoms with van der Waals surface area (Å²) in [6.45, 7) is 13.2. The highest BCUT2D eigenvalue weighted by molar-refractivity contribution is 8.00. The summed E-state index contributed by atoms with van der Waals surface area (Å²) in [7, 11) is 0. The molecular weight excluding hydrogens is 268 g/mol. The third-order valence-electron chi connectivity index (χ3n) is 4.06. The molecule has 1 N–H and O–H groups in total. The number of rotatable bonds is 6. The minimum atomic E-state index is 0.639. The maximum Gasteiger partial charge on any atom is 0.122 e. The second kappa shape index (κ2) is 7.53. The Morgan fingerprint density at radius 2 is 2.25 bits per heavy atom. The van der Waals surface area contributed by atoms with Crippen LogP contribution in [0.25, 0.3) is 0 Å². The first-order chi connectivity index (χ1) is 9.58. The summed E-state index contributed by atoms with van der Waals surface area (Å²) in [4.78, 5) is 2.58. The molecule has 2 unspecified atom stereocenters. The van der Waals surface area contributed by atoms with Crippen molar-refractivity contribution in [2.45, 2.75) is 52.1 Å². The maximum absolute atomic E-state index is 5.66. The highest BCUT2D eigenvalue weighted by Crippen LogP contribution is 2.26. The van der Waals surface area contributed by atoms with Crippen molar-refractivity contribution in [2.24, 2.45) is 5.92 Å². The summed E-state index contributed by atoms with van der Waals surface area (Å²) in [5.74, 6) is 3.02. The molecule has 1 aliphatic rings. The van der Waals surface area contributed by atoms with Crippen molar-refractivity contribution in [3.8, 4) is 0 Å². The van der Waals surface area contributed by atoms with Gasteiger partial charge < -0.3 is 9.73 Å². The van der Waals surface area contributed by atoms with Crippen LogP contribution in [0.4, 0.5) is 0 Å². The van der Waals surface area contributed by atoms with Crippen LogP contribution in [0, 0.1) is 5.92 Å². The van der Waals surface area contributed by atoms with Crippen LogP contribution in [-0.2, 0) is 13.1 Å². The van der Waals surface area contributed by atoms with E-state index < -0.39 is 0 Å². The zero-order valence-electron chi connectivity index (χ0n) is 13.2. The van der Waals surface area contributed by atoms with Gasteiger partial charge in [-0.05, 0) is 25.5 Å². The minimum Gasteiger partial charge on any atom is -0.468 e. The van der Waals surface area contributed by atoms with Crippen LogP contribution in [0.3, 0.4) is 0 Å². The lowest BCUT2D eigenvalue weighted by molar-refractivity contribution is 0.203. The quantitative estimate of drug-likeness (QED) is 0.871. The molecule has 0 spiro atoms. The second-order valence-electron chi connectivity index (χ2n) is 6.18. The Labute approximate surface area is 127 Å². The fourth-order valence-electron chi connectivity index (χ4n) is 2.57. The summed E-state index contributed by atoms with van der Waals surface area (Å²) in [6, 6.07) is 2.77. The Morgan fingerprint density at radius 3 is 3.00 bits per heavy atom.